The monoisotopic (exact) mass is 478 g/mol. The lowest BCUT2D eigenvalue weighted by Crippen LogP contribution is -2.75. The van der Waals surface area contributed by atoms with Gasteiger partial charge in [0.1, 0.15) is 12.4 Å². The predicted octanol–water partition coefficient (Wildman–Crippen LogP) is 1.58. The van der Waals surface area contributed by atoms with Gasteiger partial charge in [-0.3, -0.25) is 9.69 Å². The zero-order valence-corrected chi connectivity index (χ0v) is 20.2. The predicted molar refractivity (Wildman–Crippen MR) is 132 cm³/mol. The van der Waals surface area contributed by atoms with Crippen molar-refractivity contribution in [3.05, 3.63) is 47.2 Å². The van der Waals surface area contributed by atoms with Crippen molar-refractivity contribution in [2.75, 3.05) is 62.8 Å². The zero-order valence-electron chi connectivity index (χ0n) is 20.2. The minimum Gasteiger partial charge on any atom is -0.381 e. The summed E-state index contributed by atoms with van der Waals surface area (Å²) in [6.45, 7) is 7.38. The Balaban J connectivity index is 1.19. The second-order valence-corrected chi connectivity index (χ2v) is 10.4. The maximum absolute atomic E-state index is 11.9. The largest absolute Gasteiger partial charge is 0.381 e. The van der Waals surface area contributed by atoms with E-state index >= 15 is 0 Å². The fourth-order valence-electron chi connectivity index (χ4n) is 5.64. The Bertz CT molecular complexity index is 1050. The minimum atomic E-state index is -0.315. The van der Waals surface area contributed by atoms with Crippen molar-refractivity contribution in [3.8, 4) is 0 Å². The van der Waals surface area contributed by atoms with Crippen LogP contribution in [0, 0.1) is 5.92 Å². The molecule has 2 aromatic rings. The van der Waals surface area contributed by atoms with Crippen molar-refractivity contribution in [1.29, 1.82) is 0 Å². The molecule has 0 aliphatic carbocycles. The van der Waals surface area contributed by atoms with Crippen molar-refractivity contribution >= 4 is 17.7 Å². The SMILES string of the molecule is O=C1COCC2(CN(c3nc4c(c(NCCC5CCOC5)n3)CCN(Cc3ccccc3)C4)C2)N1. The van der Waals surface area contributed by atoms with E-state index in [1.165, 1.54) is 11.1 Å². The quantitative estimate of drug-likeness (QED) is 0.620. The van der Waals surface area contributed by atoms with E-state index < -0.39 is 0 Å². The van der Waals surface area contributed by atoms with E-state index in [9.17, 15) is 4.79 Å². The highest BCUT2D eigenvalue weighted by molar-refractivity contribution is 5.79. The Morgan fingerprint density at radius 2 is 2.06 bits per heavy atom. The molecule has 1 atom stereocenters. The lowest BCUT2D eigenvalue weighted by Gasteiger charge is -2.51. The summed E-state index contributed by atoms with van der Waals surface area (Å²) in [6, 6.07) is 10.6. The standard InChI is InChI=1S/C26H34N6O3/c33-23-15-35-18-26(30-23)16-32(17-26)25-28-22-13-31(12-19-4-2-1-3-5-19)10-7-21(22)24(29-25)27-9-6-20-8-11-34-14-20/h1-5,20H,6-18H2,(H,30,33)(H,27,28,29). The molecule has 3 fully saturated rings. The third-order valence-electron chi connectivity index (χ3n) is 7.54. The van der Waals surface area contributed by atoms with Gasteiger partial charge in [0, 0.05) is 58.0 Å². The molecule has 9 heteroatoms. The first-order valence-corrected chi connectivity index (χ1v) is 12.8. The van der Waals surface area contributed by atoms with E-state index in [4.69, 9.17) is 19.4 Å². The van der Waals surface area contributed by atoms with Crippen molar-refractivity contribution in [1.82, 2.24) is 20.2 Å². The number of carbonyl (C=O) groups excluding carboxylic acids is 1. The van der Waals surface area contributed by atoms with Crippen LogP contribution in [0.25, 0.3) is 0 Å². The molecule has 2 N–H and O–H groups in total. The third-order valence-corrected chi connectivity index (χ3v) is 7.54. The Morgan fingerprint density at radius 1 is 1.17 bits per heavy atom. The fraction of sp³-hybridized carbons (Fsp3) is 0.577. The van der Waals surface area contributed by atoms with Crippen LogP contribution in [0.3, 0.4) is 0 Å². The van der Waals surface area contributed by atoms with Crippen LogP contribution in [0.1, 0.15) is 29.7 Å². The van der Waals surface area contributed by atoms with Crippen LogP contribution in [0.5, 0.6) is 0 Å². The van der Waals surface area contributed by atoms with Crippen molar-refractivity contribution in [2.45, 2.75) is 37.9 Å². The summed E-state index contributed by atoms with van der Waals surface area (Å²) in [5.74, 6) is 2.29. The van der Waals surface area contributed by atoms with Crippen molar-refractivity contribution in [2.24, 2.45) is 5.92 Å². The van der Waals surface area contributed by atoms with E-state index in [2.05, 4.69) is 50.8 Å². The first kappa shape index (κ1) is 22.7. The average molecular weight is 479 g/mol. The number of nitrogens with one attached hydrogen (secondary N) is 2. The van der Waals surface area contributed by atoms with Gasteiger partial charge in [0.2, 0.25) is 11.9 Å². The number of hydrogen-bond acceptors (Lipinski definition) is 8. The molecule has 1 amide bonds. The van der Waals surface area contributed by atoms with Crippen LogP contribution in [0.2, 0.25) is 0 Å². The lowest BCUT2D eigenvalue weighted by molar-refractivity contribution is -0.136. The highest BCUT2D eigenvalue weighted by atomic mass is 16.5. The third kappa shape index (κ3) is 4.98. The number of carbonyl (C=O) groups is 1. The summed E-state index contributed by atoms with van der Waals surface area (Å²) >= 11 is 0. The highest BCUT2D eigenvalue weighted by Crippen LogP contribution is 2.32. The Kier molecular flexibility index (Phi) is 6.30. The van der Waals surface area contributed by atoms with Gasteiger partial charge in [-0.2, -0.15) is 4.98 Å². The summed E-state index contributed by atoms with van der Waals surface area (Å²) < 4.78 is 11.0. The first-order valence-electron chi connectivity index (χ1n) is 12.8. The van der Waals surface area contributed by atoms with Gasteiger partial charge in [-0.15, -0.1) is 0 Å². The number of nitrogens with zero attached hydrogens (tertiary/aromatic N) is 4. The summed E-state index contributed by atoms with van der Waals surface area (Å²) in [4.78, 5) is 26.5. The maximum atomic E-state index is 11.9. The van der Waals surface area contributed by atoms with Gasteiger partial charge in [-0.1, -0.05) is 30.3 Å². The van der Waals surface area contributed by atoms with Gasteiger partial charge in [0.15, 0.2) is 0 Å². The molecule has 3 saturated heterocycles. The van der Waals surface area contributed by atoms with Gasteiger partial charge in [-0.25, -0.2) is 4.98 Å². The van der Waals surface area contributed by atoms with E-state index in [1.54, 1.807) is 0 Å². The van der Waals surface area contributed by atoms with Crippen LogP contribution >= 0.6 is 0 Å². The topological polar surface area (TPSA) is 91.8 Å². The molecule has 6 rings (SSSR count). The Hall–Kier alpha value is -2.75. The highest BCUT2D eigenvalue weighted by Gasteiger charge is 2.48. The number of rotatable bonds is 7. The van der Waals surface area contributed by atoms with E-state index in [1.807, 2.05) is 0 Å². The van der Waals surface area contributed by atoms with Gasteiger partial charge >= 0.3 is 0 Å². The second-order valence-electron chi connectivity index (χ2n) is 10.4. The molecule has 5 heterocycles. The van der Waals surface area contributed by atoms with Crippen LogP contribution in [-0.2, 0) is 33.8 Å². The molecule has 0 saturated carbocycles. The Labute approximate surface area is 206 Å². The van der Waals surface area contributed by atoms with E-state index in [-0.39, 0.29) is 18.1 Å². The van der Waals surface area contributed by atoms with Gasteiger partial charge in [0.05, 0.1) is 17.8 Å². The summed E-state index contributed by atoms with van der Waals surface area (Å²) in [7, 11) is 0. The van der Waals surface area contributed by atoms with E-state index in [0.717, 1.165) is 76.1 Å². The Morgan fingerprint density at radius 3 is 2.86 bits per heavy atom. The molecule has 35 heavy (non-hydrogen) atoms. The molecule has 0 bridgehead atoms. The molecule has 1 unspecified atom stereocenters. The van der Waals surface area contributed by atoms with Crippen LogP contribution in [0.15, 0.2) is 30.3 Å². The molecular formula is C26H34N6O3. The molecule has 0 radical (unpaired) electrons. The number of anilines is 2. The number of amides is 1. The van der Waals surface area contributed by atoms with Crippen LogP contribution < -0.4 is 15.5 Å². The number of morpholine rings is 1. The average Bonchev–Trinajstić information content (AvgIpc) is 3.36. The molecule has 1 aromatic heterocycles. The smallest absolute Gasteiger partial charge is 0.246 e. The maximum Gasteiger partial charge on any atom is 0.246 e. The summed E-state index contributed by atoms with van der Waals surface area (Å²) in [5.41, 5.74) is 3.35. The van der Waals surface area contributed by atoms with Gasteiger partial charge in [0.25, 0.3) is 0 Å². The number of hydrogen-bond donors (Lipinski definition) is 2. The fourth-order valence-corrected chi connectivity index (χ4v) is 5.64. The summed E-state index contributed by atoms with van der Waals surface area (Å²) in [5, 5.41) is 6.75. The zero-order chi connectivity index (χ0) is 23.7. The van der Waals surface area contributed by atoms with Crippen molar-refractivity contribution < 1.29 is 14.3 Å². The molecular weight excluding hydrogens is 444 g/mol. The molecule has 4 aliphatic rings. The van der Waals surface area contributed by atoms with Crippen LogP contribution in [0.4, 0.5) is 11.8 Å². The van der Waals surface area contributed by atoms with Gasteiger partial charge in [-0.05, 0) is 30.7 Å². The molecule has 9 nitrogen and oxygen atoms in total. The number of ether oxygens (including phenoxy) is 2. The van der Waals surface area contributed by atoms with Gasteiger partial charge < -0.3 is 25.0 Å². The number of aromatic nitrogens is 2. The minimum absolute atomic E-state index is 0.0444. The molecule has 4 aliphatic heterocycles. The molecule has 186 valence electrons. The van der Waals surface area contributed by atoms with Crippen molar-refractivity contribution in [3.63, 3.8) is 0 Å². The molecule has 1 aromatic carbocycles. The van der Waals surface area contributed by atoms with E-state index in [0.29, 0.717) is 25.6 Å². The van der Waals surface area contributed by atoms with Crippen LogP contribution in [-0.4, -0.2) is 78.9 Å². The summed E-state index contributed by atoms with van der Waals surface area (Å²) in [6.07, 6.45) is 3.17. The normalized spacial score (nSPS) is 23.6. The number of benzene rings is 1. The first-order chi connectivity index (χ1) is 17.2. The molecule has 1 spiro atoms. The second kappa shape index (κ2) is 9.72. The number of fused-ring (bicyclic) bond motifs is 1. The lowest BCUT2D eigenvalue weighted by atomic mass is 9.90.